The average Bonchev–Trinajstić information content (AvgIpc) is 2.47. The molecule has 0 rings (SSSR count). The summed E-state index contributed by atoms with van der Waals surface area (Å²) in [5.74, 6) is 0.355. The molecule has 0 aromatic rings. The Labute approximate surface area is 133 Å². The lowest BCUT2D eigenvalue weighted by atomic mass is 10.2. The Morgan fingerprint density at radius 1 is 0.864 bits per heavy atom. The van der Waals surface area contributed by atoms with Crippen LogP contribution >= 0.6 is 0 Å². The first-order valence-electron chi connectivity index (χ1n) is 7.71. The molecule has 0 aliphatic carbocycles. The number of rotatable bonds is 16. The fraction of sp³-hybridized carbons (Fsp3) is 0.933. The van der Waals surface area contributed by atoms with Crippen LogP contribution in [0.25, 0.3) is 0 Å². The van der Waals surface area contributed by atoms with Crippen molar-refractivity contribution >= 4 is 5.91 Å². The summed E-state index contributed by atoms with van der Waals surface area (Å²) in [7, 11) is 1.69. The highest BCUT2D eigenvalue weighted by Crippen LogP contribution is 1.95. The number of carbonyl (C=O) groups excluding carboxylic acids is 1. The number of methoxy groups -OCH3 is 1. The van der Waals surface area contributed by atoms with Gasteiger partial charge in [-0.3, -0.25) is 4.79 Å². The van der Waals surface area contributed by atoms with E-state index >= 15 is 0 Å². The van der Waals surface area contributed by atoms with Gasteiger partial charge in [-0.1, -0.05) is 6.92 Å². The third-order valence-electron chi connectivity index (χ3n) is 2.59. The number of carbonyl (C=O) groups is 1. The van der Waals surface area contributed by atoms with Crippen molar-refractivity contribution in [2.75, 3.05) is 73.1 Å². The number of hydrogen-bond acceptors (Lipinski definition) is 6. The van der Waals surface area contributed by atoms with Crippen molar-refractivity contribution in [3.05, 3.63) is 0 Å². The minimum absolute atomic E-state index is 0.0471. The first kappa shape index (κ1) is 21.3. The van der Waals surface area contributed by atoms with Gasteiger partial charge in [0.2, 0.25) is 5.91 Å². The van der Waals surface area contributed by atoms with Crippen molar-refractivity contribution in [2.24, 2.45) is 5.92 Å². The van der Waals surface area contributed by atoms with Crippen LogP contribution in [0, 0.1) is 5.92 Å². The number of ether oxygens (including phenoxy) is 5. The standard InChI is InChI=1S/C15H31NO6/c1-14(12-18-3)13-22-11-10-21-9-8-20-7-6-19-5-4-16-15(2)17/h14H,4-13H2,1-3H3,(H,16,17). The van der Waals surface area contributed by atoms with Crippen molar-refractivity contribution in [1.82, 2.24) is 5.32 Å². The average molecular weight is 321 g/mol. The van der Waals surface area contributed by atoms with Crippen LogP contribution in [-0.4, -0.2) is 79.0 Å². The Hall–Kier alpha value is -0.730. The summed E-state index contributed by atoms with van der Waals surface area (Å²) in [6.45, 7) is 9.25. The summed E-state index contributed by atoms with van der Waals surface area (Å²) in [6, 6.07) is 0. The van der Waals surface area contributed by atoms with Crippen molar-refractivity contribution < 1.29 is 28.5 Å². The van der Waals surface area contributed by atoms with E-state index in [9.17, 15) is 4.79 Å². The molecule has 0 saturated carbocycles. The van der Waals surface area contributed by atoms with Crippen LogP contribution in [0.15, 0.2) is 0 Å². The van der Waals surface area contributed by atoms with E-state index in [4.69, 9.17) is 23.7 Å². The highest BCUT2D eigenvalue weighted by atomic mass is 16.6. The molecule has 0 saturated heterocycles. The van der Waals surface area contributed by atoms with E-state index in [2.05, 4.69) is 12.2 Å². The molecule has 7 nitrogen and oxygen atoms in total. The second kappa shape index (κ2) is 16.6. The zero-order valence-electron chi connectivity index (χ0n) is 14.1. The minimum atomic E-state index is -0.0471. The van der Waals surface area contributed by atoms with Gasteiger partial charge in [0.05, 0.1) is 59.5 Å². The highest BCUT2D eigenvalue weighted by Gasteiger charge is 2.00. The third kappa shape index (κ3) is 17.3. The van der Waals surface area contributed by atoms with Gasteiger partial charge in [0.15, 0.2) is 0 Å². The Balaban J connectivity index is 3.04. The smallest absolute Gasteiger partial charge is 0.216 e. The zero-order chi connectivity index (χ0) is 16.5. The Bertz CT molecular complexity index is 252. The van der Waals surface area contributed by atoms with Crippen LogP contribution in [-0.2, 0) is 28.5 Å². The molecular formula is C15H31NO6. The van der Waals surface area contributed by atoms with Crippen molar-refractivity contribution in [2.45, 2.75) is 13.8 Å². The predicted molar refractivity (Wildman–Crippen MR) is 83.0 cm³/mol. The van der Waals surface area contributed by atoms with Gasteiger partial charge in [-0.15, -0.1) is 0 Å². The maximum Gasteiger partial charge on any atom is 0.216 e. The molecule has 0 radical (unpaired) electrons. The van der Waals surface area contributed by atoms with E-state index in [1.807, 2.05) is 0 Å². The second-order valence-electron chi connectivity index (χ2n) is 4.96. The molecule has 0 spiro atoms. The van der Waals surface area contributed by atoms with E-state index in [0.29, 0.717) is 71.9 Å². The van der Waals surface area contributed by atoms with E-state index in [0.717, 1.165) is 0 Å². The fourth-order valence-corrected chi connectivity index (χ4v) is 1.58. The second-order valence-corrected chi connectivity index (χ2v) is 4.96. The maximum atomic E-state index is 10.6. The van der Waals surface area contributed by atoms with E-state index < -0.39 is 0 Å². The van der Waals surface area contributed by atoms with Crippen LogP contribution in [0.5, 0.6) is 0 Å². The third-order valence-corrected chi connectivity index (χ3v) is 2.59. The highest BCUT2D eigenvalue weighted by molar-refractivity contribution is 5.72. The molecule has 1 atom stereocenters. The van der Waals surface area contributed by atoms with Crippen molar-refractivity contribution in [3.63, 3.8) is 0 Å². The number of hydrogen-bond donors (Lipinski definition) is 1. The van der Waals surface area contributed by atoms with Gasteiger partial charge in [-0.2, -0.15) is 0 Å². The van der Waals surface area contributed by atoms with Gasteiger partial charge >= 0.3 is 0 Å². The summed E-state index contributed by atoms with van der Waals surface area (Å²) in [5.41, 5.74) is 0. The summed E-state index contributed by atoms with van der Waals surface area (Å²) in [5, 5.41) is 2.65. The van der Waals surface area contributed by atoms with Crippen LogP contribution in [0.3, 0.4) is 0 Å². The normalized spacial score (nSPS) is 12.3. The molecule has 0 aromatic carbocycles. The van der Waals surface area contributed by atoms with E-state index in [-0.39, 0.29) is 5.91 Å². The molecule has 1 amide bonds. The lowest BCUT2D eigenvalue weighted by molar-refractivity contribution is -0.119. The van der Waals surface area contributed by atoms with E-state index in [1.165, 1.54) is 6.92 Å². The van der Waals surface area contributed by atoms with E-state index in [1.54, 1.807) is 7.11 Å². The quantitative estimate of drug-likeness (QED) is 0.417. The largest absolute Gasteiger partial charge is 0.384 e. The molecule has 22 heavy (non-hydrogen) atoms. The number of nitrogens with one attached hydrogen (secondary N) is 1. The molecule has 0 fully saturated rings. The summed E-state index contributed by atoms with van der Waals surface area (Å²) >= 11 is 0. The monoisotopic (exact) mass is 321 g/mol. The minimum Gasteiger partial charge on any atom is -0.384 e. The van der Waals surface area contributed by atoms with Gasteiger partial charge in [0.25, 0.3) is 0 Å². The first-order chi connectivity index (χ1) is 10.7. The molecule has 0 aliphatic heterocycles. The zero-order valence-corrected chi connectivity index (χ0v) is 14.1. The lowest BCUT2D eigenvalue weighted by Gasteiger charge is -2.11. The Morgan fingerprint density at radius 2 is 1.36 bits per heavy atom. The van der Waals surface area contributed by atoms with Gasteiger partial charge < -0.3 is 29.0 Å². The lowest BCUT2D eigenvalue weighted by Crippen LogP contribution is -2.25. The SMILES string of the molecule is COCC(C)COCCOCCOCCOCCNC(C)=O. The van der Waals surface area contributed by atoms with Crippen molar-refractivity contribution in [1.29, 1.82) is 0 Å². The molecule has 1 unspecified atom stereocenters. The molecular weight excluding hydrogens is 290 g/mol. The summed E-state index contributed by atoms with van der Waals surface area (Å²) in [6.07, 6.45) is 0. The topological polar surface area (TPSA) is 75.2 Å². The van der Waals surface area contributed by atoms with Crippen LogP contribution in [0.4, 0.5) is 0 Å². The summed E-state index contributed by atoms with van der Waals surface area (Å²) in [4.78, 5) is 10.6. The molecule has 1 N–H and O–H groups in total. The fourth-order valence-electron chi connectivity index (χ4n) is 1.58. The Kier molecular flexibility index (Phi) is 16.1. The van der Waals surface area contributed by atoms with Gasteiger partial charge in [0.1, 0.15) is 0 Å². The molecule has 0 aliphatic rings. The molecule has 132 valence electrons. The van der Waals surface area contributed by atoms with Gasteiger partial charge in [-0.25, -0.2) is 0 Å². The molecule has 0 heterocycles. The van der Waals surface area contributed by atoms with Crippen LogP contribution < -0.4 is 5.32 Å². The van der Waals surface area contributed by atoms with Gasteiger partial charge in [0, 0.05) is 26.5 Å². The summed E-state index contributed by atoms with van der Waals surface area (Å²) < 4.78 is 26.5. The first-order valence-corrected chi connectivity index (χ1v) is 7.71. The number of amides is 1. The van der Waals surface area contributed by atoms with Crippen LogP contribution in [0.1, 0.15) is 13.8 Å². The molecule has 7 heteroatoms. The van der Waals surface area contributed by atoms with Crippen molar-refractivity contribution in [3.8, 4) is 0 Å². The molecule has 0 aromatic heterocycles. The molecule has 0 bridgehead atoms. The predicted octanol–water partition coefficient (Wildman–Crippen LogP) is 0.471. The van der Waals surface area contributed by atoms with Gasteiger partial charge in [-0.05, 0) is 0 Å². The van der Waals surface area contributed by atoms with Crippen LogP contribution in [0.2, 0.25) is 0 Å². The Morgan fingerprint density at radius 3 is 1.86 bits per heavy atom. The maximum absolute atomic E-state index is 10.6.